The molecule has 1 nitrogen and oxygen atoms in total. The molecule has 2 heteroatoms. The molecule has 0 N–H and O–H groups in total. The van der Waals surface area contributed by atoms with Gasteiger partial charge in [0.05, 0.1) is 0 Å². The molecule has 1 aliphatic carbocycles. The van der Waals surface area contributed by atoms with Crippen molar-refractivity contribution >= 4 is 22.4 Å². The maximum Gasteiger partial charge on any atom is 0.129 e. The van der Waals surface area contributed by atoms with Crippen LogP contribution in [0.25, 0.3) is 10.8 Å². The van der Waals surface area contributed by atoms with Crippen LogP contribution in [0.4, 0.5) is 0 Å². The Morgan fingerprint density at radius 1 is 1.21 bits per heavy atom. The van der Waals surface area contributed by atoms with E-state index in [0.717, 1.165) is 0 Å². The molecule has 0 spiro atoms. The molecule has 1 aliphatic rings. The van der Waals surface area contributed by atoms with E-state index in [9.17, 15) is 0 Å². The number of hydrogen-bond acceptors (Lipinski definition) is 1. The summed E-state index contributed by atoms with van der Waals surface area (Å²) in [6.07, 6.45) is 5.59. The molecule has 0 radical (unpaired) electrons. The lowest BCUT2D eigenvalue weighted by molar-refractivity contribution is 0.913. The van der Waals surface area contributed by atoms with Gasteiger partial charge in [-0.05, 0) is 41.8 Å². The van der Waals surface area contributed by atoms with Gasteiger partial charge in [-0.3, -0.25) is 0 Å². The van der Waals surface area contributed by atoms with Gasteiger partial charge in [0.15, 0.2) is 0 Å². The minimum Gasteiger partial charge on any atom is -0.244 e. The number of hydrogen-bond donors (Lipinski definition) is 0. The maximum atomic E-state index is 5.86. The molecule has 14 heavy (non-hydrogen) atoms. The average molecular weight is 204 g/mol. The largest absolute Gasteiger partial charge is 0.244 e. The van der Waals surface area contributed by atoms with Gasteiger partial charge in [0.1, 0.15) is 5.15 Å². The maximum absolute atomic E-state index is 5.86. The van der Waals surface area contributed by atoms with Gasteiger partial charge in [0, 0.05) is 11.6 Å². The Labute approximate surface area is 87.7 Å². The first-order valence-corrected chi connectivity index (χ1v) is 5.28. The molecule has 2 aromatic rings. The number of nitrogens with zero attached hydrogens (tertiary/aromatic N) is 1. The molecular formula is C12H10ClN. The predicted molar refractivity (Wildman–Crippen MR) is 58.8 cm³/mol. The highest BCUT2D eigenvalue weighted by Gasteiger charge is 2.13. The first-order valence-electron chi connectivity index (χ1n) is 4.90. The Kier molecular flexibility index (Phi) is 1.74. The Morgan fingerprint density at radius 2 is 2.14 bits per heavy atom. The third-order valence-electron chi connectivity index (χ3n) is 2.95. The number of rotatable bonds is 0. The number of fused-ring (bicyclic) bond motifs is 3. The summed E-state index contributed by atoms with van der Waals surface area (Å²) in [6.45, 7) is 0. The molecule has 0 fully saturated rings. The van der Waals surface area contributed by atoms with Crippen LogP contribution in [-0.4, -0.2) is 4.98 Å². The summed E-state index contributed by atoms with van der Waals surface area (Å²) in [7, 11) is 0. The zero-order valence-corrected chi connectivity index (χ0v) is 8.51. The molecule has 1 aromatic heterocycles. The minimum atomic E-state index is 0.579. The molecule has 0 amide bonds. The minimum absolute atomic E-state index is 0.579. The van der Waals surface area contributed by atoms with Gasteiger partial charge in [-0.1, -0.05) is 23.7 Å². The number of aromatic nitrogens is 1. The van der Waals surface area contributed by atoms with E-state index in [0.29, 0.717) is 5.15 Å². The van der Waals surface area contributed by atoms with E-state index in [1.165, 1.54) is 41.2 Å². The molecule has 70 valence electrons. The van der Waals surface area contributed by atoms with Crippen LogP contribution in [0.15, 0.2) is 24.4 Å². The number of benzene rings is 1. The highest BCUT2D eigenvalue weighted by Crippen LogP contribution is 2.30. The van der Waals surface area contributed by atoms with Crippen LogP contribution >= 0.6 is 11.6 Å². The van der Waals surface area contributed by atoms with E-state index in [-0.39, 0.29) is 0 Å². The molecule has 0 unspecified atom stereocenters. The normalized spacial score (nSPS) is 14.6. The monoisotopic (exact) mass is 203 g/mol. The van der Waals surface area contributed by atoms with Crippen molar-refractivity contribution < 1.29 is 0 Å². The third-order valence-corrected chi connectivity index (χ3v) is 3.16. The molecular weight excluding hydrogens is 194 g/mol. The second-order valence-electron chi connectivity index (χ2n) is 3.78. The molecule has 3 rings (SSSR count). The lowest BCUT2D eigenvalue weighted by atomic mass is 10.0. The molecule has 0 saturated heterocycles. The van der Waals surface area contributed by atoms with Crippen LogP contribution in [0.1, 0.15) is 17.5 Å². The van der Waals surface area contributed by atoms with Crippen LogP contribution in [-0.2, 0) is 12.8 Å². The Balaban J connectivity index is 2.39. The fraction of sp³-hybridized carbons (Fsp3) is 0.250. The second-order valence-corrected chi connectivity index (χ2v) is 4.17. The summed E-state index contributed by atoms with van der Waals surface area (Å²) in [5.74, 6) is 0. The summed E-state index contributed by atoms with van der Waals surface area (Å²) in [5.41, 5.74) is 2.97. The fourth-order valence-electron chi connectivity index (χ4n) is 2.28. The molecule has 0 bridgehead atoms. The van der Waals surface area contributed by atoms with E-state index in [2.05, 4.69) is 17.1 Å². The Morgan fingerprint density at radius 3 is 3.07 bits per heavy atom. The standard InChI is InChI=1S/C12H10ClN/c13-12-6-9-5-4-8-2-1-3-10(8)11(9)7-14-12/h4-7H,1-3H2. The zero-order valence-electron chi connectivity index (χ0n) is 7.76. The average Bonchev–Trinajstić information content (AvgIpc) is 2.65. The molecule has 1 heterocycles. The third kappa shape index (κ3) is 1.12. The van der Waals surface area contributed by atoms with Crippen molar-refractivity contribution in [2.75, 3.05) is 0 Å². The quantitative estimate of drug-likeness (QED) is 0.599. The lowest BCUT2D eigenvalue weighted by Crippen LogP contribution is -1.86. The van der Waals surface area contributed by atoms with E-state index < -0.39 is 0 Å². The van der Waals surface area contributed by atoms with Gasteiger partial charge >= 0.3 is 0 Å². The molecule has 0 aliphatic heterocycles. The van der Waals surface area contributed by atoms with Crippen molar-refractivity contribution in [3.8, 4) is 0 Å². The van der Waals surface area contributed by atoms with Gasteiger partial charge in [-0.25, -0.2) is 4.98 Å². The second kappa shape index (κ2) is 2.96. The summed E-state index contributed by atoms with van der Waals surface area (Å²) < 4.78 is 0. The van der Waals surface area contributed by atoms with Crippen molar-refractivity contribution in [1.29, 1.82) is 0 Å². The predicted octanol–water partition coefficient (Wildman–Crippen LogP) is 3.38. The van der Waals surface area contributed by atoms with Gasteiger partial charge in [0.2, 0.25) is 0 Å². The van der Waals surface area contributed by atoms with Crippen LogP contribution in [0.5, 0.6) is 0 Å². The first-order chi connectivity index (χ1) is 6.84. The number of halogens is 1. The van der Waals surface area contributed by atoms with E-state index in [4.69, 9.17) is 11.6 Å². The van der Waals surface area contributed by atoms with Gasteiger partial charge in [0.25, 0.3) is 0 Å². The van der Waals surface area contributed by atoms with Crippen molar-refractivity contribution in [2.45, 2.75) is 19.3 Å². The summed E-state index contributed by atoms with van der Waals surface area (Å²) in [5, 5.41) is 3.07. The van der Waals surface area contributed by atoms with Crippen molar-refractivity contribution in [3.63, 3.8) is 0 Å². The fourth-order valence-corrected chi connectivity index (χ4v) is 2.45. The van der Waals surface area contributed by atoms with E-state index >= 15 is 0 Å². The highest BCUT2D eigenvalue weighted by molar-refractivity contribution is 6.30. The smallest absolute Gasteiger partial charge is 0.129 e. The highest BCUT2D eigenvalue weighted by atomic mass is 35.5. The van der Waals surface area contributed by atoms with Gasteiger partial charge < -0.3 is 0 Å². The first kappa shape index (κ1) is 8.25. The van der Waals surface area contributed by atoms with E-state index in [1.54, 1.807) is 0 Å². The number of pyridine rings is 1. The number of aryl methyl sites for hydroxylation is 2. The summed E-state index contributed by atoms with van der Waals surface area (Å²) >= 11 is 5.86. The zero-order chi connectivity index (χ0) is 9.54. The SMILES string of the molecule is Clc1cc2ccc3c(c2cn1)CCC3. The Bertz CT molecular complexity index is 505. The summed E-state index contributed by atoms with van der Waals surface area (Å²) in [4.78, 5) is 4.15. The van der Waals surface area contributed by atoms with Crippen LogP contribution in [0.2, 0.25) is 5.15 Å². The molecule has 1 aromatic carbocycles. The van der Waals surface area contributed by atoms with Crippen LogP contribution in [0, 0.1) is 0 Å². The molecule has 0 saturated carbocycles. The van der Waals surface area contributed by atoms with Crippen molar-refractivity contribution in [2.24, 2.45) is 0 Å². The van der Waals surface area contributed by atoms with Crippen molar-refractivity contribution in [3.05, 3.63) is 40.7 Å². The summed E-state index contributed by atoms with van der Waals surface area (Å²) in [6, 6.07) is 6.31. The van der Waals surface area contributed by atoms with E-state index in [1.807, 2.05) is 12.3 Å². The Hall–Kier alpha value is -1.08. The molecule has 0 atom stereocenters. The van der Waals surface area contributed by atoms with Gasteiger partial charge in [-0.2, -0.15) is 0 Å². The van der Waals surface area contributed by atoms with Crippen LogP contribution in [0.3, 0.4) is 0 Å². The lowest BCUT2D eigenvalue weighted by Gasteiger charge is -2.04. The van der Waals surface area contributed by atoms with Gasteiger partial charge in [-0.15, -0.1) is 0 Å². The van der Waals surface area contributed by atoms with Crippen molar-refractivity contribution in [1.82, 2.24) is 4.98 Å². The topological polar surface area (TPSA) is 12.9 Å². The van der Waals surface area contributed by atoms with Crippen LogP contribution < -0.4 is 0 Å².